The molecule has 0 unspecified atom stereocenters. The third-order valence-electron chi connectivity index (χ3n) is 4.29. The summed E-state index contributed by atoms with van der Waals surface area (Å²) in [4.78, 5) is 26.3. The number of rotatable bonds is 10. The molecule has 0 aliphatic rings. The molecule has 5 heteroatoms. The molecule has 2 rings (SSSR count). The Morgan fingerprint density at radius 2 is 1.67 bits per heavy atom. The zero-order valence-corrected chi connectivity index (χ0v) is 15.8. The van der Waals surface area contributed by atoms with Crippen molar-refractivity contribution in [2.45, 2.75) is 39.0 Å². The van der Waals surface area contributed by atoms with Gasteiger partial charge in [0.05, 0.1) is 0 Å². The summed E-state index contributed by atoms with van der Waals surface area (Å²) in [6.07, 6.45) is 4.20. The lowest BCUT2D eigenvalue weighted by Crippen LogP contribution is -2.34. The molecule has 0 fully saturated rings. The average Bonchev–Trinajstić information content (AvgIpc) is 2.69. The SMILES string of the molecule is CCCCCC(=O)NCCCN(C(=O)c1ccccc1)c1ccc(F)cc1. The molecule has 4 nitrogen and oxygen atoms in total. The number of nitrogens with one attached hydrogen (secondary N) is 1. The zero-order chi connectivity index (χ0) is 19.5. The van der Waals surface area contributed by atoms with Crippen molar-refractivity contribution >= 4 is 17.5 Å². The van der Waals surface area contributed by atoms with Gasteiger partial charge in [-0.25, -0.2) is 4.39 Å². The molecular weight excluding hydrogens is 343 g/mol. The lowest BCUT2D eigenvalue weighted by atomic mass is 10.1. The molecule has 0 saturated carbocycles. The smallest absolute Gasteiger partial charge is 0.258 e. The number of anilines is 1. The van der Waals surface area contributed by atoms with Crippen molar-refractivity contribution in [3.63, 3.8) is 0 Å². The van der Waals surface area contributed by atoms with Gasteiger partial charge in [0.2, 0.25) is 5.91 Å². The van der Waals surface area contributed by atoms with E-state index < -0.39 is 0 Å². The van der Waals surface area contributed by atoms with Gasteiger partial charge in [0, 0.05) is 30.8 Å². The molecule has 1 N–H and O–H groups in total. The van der Waals surface area contributed by atoms with Crippen molar-refractivity contribution in [2.75, 3.05) is 18.0 Å². The molecule has 0 aromatic heterocycles. The third-order valence-corrected chi connectivity index (χ3v) is 4.29. The maximum absolute atomic E-state index is 13.2. The molecule has 0 heterocycles. The summed E-state index contributed by atoms with van der Waals surface area (Å²) >= 11 is 0. The third kappa shape index (κ3) is 6.85. The largest absolute Gasteiger partial charge is 0.356 e. The summed E-state index contributed by atoms with van der Waals surface area (Å²) in [6, 6.07) is 14.9. The minimum absolute atomic E-state index is 0.0474. The quantitative estimate of drug-likeness (QED) is 0.623. The minimum atomic E-state index is -0.342. The number of halogens is 1. The van der Waals surface area contributed by atoms with Crippen molar-refractivity contribution in [3.05, 3.63) is 66.0 Å². The first kappa shape index (κ1) is 20.6. The predicted octanol–water partition coefficient (Wildman–Crippen LogP) is 4.56. The lowest BCUT2D eigenvalue weighted by Gasteiger charge is -2.23. The average molecular weight is 370 g/mol. The van der Waals surface area contributed by atoms with Crippen LogP contribution in [-0.2, 0) is 4.79 Å². The molecule has 0 aliphatic heterocycles. The van der Waals surface area contributed by atoms with Crippen LogP contribution in [0.5, 0.6) is 0 Å². The fourth-order valence-electron chi connectivity index (χ4n) is 2.79. The van der Waals surface area contributed by atoms with Crippen LogP contribution in [0.15, 0.2) is 54.6 Å². The number of unbranched alkanes of at least 4 members (excludes halogenated alkanes) is 2. The van der Waals surface area contributed by atoms with Crippen LogP contribution in [0.4, 0.5) is 10.1 Å². The van der Waals surface area contributed by atoms with Gasteiger partial charge in [0.15, 0.2) is 0 Å². The minimum Gasteiger partial charge on any atom is -0.356 e. The number of amides is 2. The van der Waals surface area contributed by atoms with Crippen LogP contribution in [-0.4, -0.2) is 24.9 Å². The standard InChI is InChI=1S/C22H27FN2O2/c1-2-3-5-11-21(26)24-16-8-17-25(20-14-12-19(23)13-15-20)22(27)18-9-6-4-7-10-18/h4,6-7,9-10,12-15H,2-3,5,8,11,16-17H2,1H3,(H,24,26). The summed E-state index contributed by atoms with van der Waals surface area (Å²) in [5.74, 6) is -0.437. The second kappa shape index (κ2) is 11.1. The van der Waals surface area contributed by atoms with Crippen LogP contribution in [0.2, 0.25) is 0 Å². The van der Waals surface area contributed by atoms with E-state index in [1.165, 1.54) is 12.1 Å². The van der Waals surface area contributed by atoms with Crippen LogP contribution in [0.25, 0.3) is 0 Å². The highest BCUT2D eigenvalue weighted by atomic mass is 19.1. The fraction of sp³-hybridized carbons (Fsp3) is 0.364. The Hall–Kier alpha value is -2.69. The van der Waals surface area contributed by atoms with E-state index in [1.54, 1.807) is 29.2 Å². The first-order valence-electron chi connectivity index (χ1n) is 9.51. The maximum atomic E-state index is 13.2. The second-order valence-corrected chi connectivity index (χ2v) is 6.46. The van der Waals surface area contributed by atoms with Crippen molar-refractivity contribution in [2.24, 2.45) is 0 Å². The van der Waals surface area contributed by atoms with Gasteiger partial charge in [0.25, 0.3) is 5.91 Å². The van der Waals surface area contributed by atoms with E-state index in [4.69, 9.17) is 0 Å². The summed E-state index contributed by atoms with van der Waals surface area (Å²) in [5, 5.41) is 2.90. The Bertz CT molecular complexity index is 717. The van der Waals surface area contributed by atoms with E-state index in [2.05, 4.69) is 12.2 Å². The maximum Gasteiger partial charge on any atom is 0.258 e. The number of carbonyl (C=O) groups excluding carboxylic acids is 2. The van der Waals surface area contributed by atoms with Crippen molar-refractivity contribution < 1.29 is 14.0 Å². The molecule has 0 aliphatic carbocycles. The molecule has 0 radical (unpaired) electrons. The summed E-state index contributed by atoms with van der Waals surface area (Å²) < 4.78 is 13.2. The fourth-order valence-corrected chi connectivity index (χ4v) is 2.79. The van der Waals surface area contributed by atoms with Gasteiger partial charge in [-0.3, -0.25) is 9.59 Å². The monoisotopic (exact) mass is 370 g/mol. The van der Waals surface area contributed by atoms with Gasteiger partial charge in [-0.2, -0.15) is 0 Å². The van der Waals surface area contributed by atoms with Crippen molar-refractivity contribution in [1.82, 2.24) is 5.32 Å². The number of hydrogen-bond acceptors (Lipinski definition) is 2. The number of benzene rings is 2. The van der Waals surface area contributed by atoms with Crippen LogP contribution in [0, 0.1) is 5.82 Å². The van der Waals surface area contributed by atoms with Gasteiger partial charge in [-0.05, 0) is 49.2 Å². The molecule has 2 aromatic rings. The molecule has 27 heavy (non-hydrogen) atoms. The van der Waals surface area contributed by atoms with Crippen LogP contribution >= 0.6 is 0 Å². The first-order valence-corrected chi connectivity index (χ1v) is 9.51. The summed E-state index contributed by atoms with van der Waals surface area (Å²) in [6.45, 7) is 3.05. The number of carbonyl (C=O) groups is 2. The van der Waals surface area contributed by atoms with E-state index in [9.17, 15) is 14.0 Å². The van der Waals surface area contributed by atoms with Crippen LogP contribution in [0.3, 0.4) is 0 Å². The molecule has 0 saturated heterocycles. The Morgan fingerprint density at radius 1 is 0.963 bits per heavy atom. The highest BCUT2D eigenvalue weighted by Crippen LogP contribution is 2.18. The highest BCUT2D eigenvalue weighted by Gasteiger charge is 2.17. The number of hydrogen-bond donors (Lipinski definition) is 1. The lowest BCUT2D eigenvalue weighted by molar-refractivity contribution is -0.121. The first-order chi connectivity index (χ1) is 13.1. The normalized spacial score (nSPS) is 10.4. The van der Waals surface area contributed by atoms with E-state index in [-0.39, 0.29) is 17.6 Å². The van der Waals surface area contributed by atoms with Crippen LogP contribution < -0.4 is 10.2 Å². The van der Waals surface area contributed by atoms with E-state index in [1.807, 2.05) is 18.2 Å². The topological polar surface area (TPSA) is 49.4 Å². The Labute approximate surface area is 160 Å². The van der Waals surface area contributed by atoms with Crippen molar-refractivity contribution in [1.29, 1.82) is 0 Å². The van der Waals surface area contributed by atoms with Gasteiger partial charge >= 0.3 is 0 Å². The van der Waals surface area contributed by atoms with Crippen LogP contribution in [0.1, 0.15) is 49.4 Å². The predicted molar refractivity (Wildman–Crippen MR) is 106 cm³/mol. The molecular formula is C22H27FN2O2. The molecule has 2 amide bonds. The van der Waals surface area contributed by atoms with Gasteiger partial charge in [-0.15, -0.1) is 0 Å². The van der Waals surface area contributed by atoms with Gasteiger partial charge < -0.3 is 10.2 Å². The molecule has 0 atom stereocenters. The Balaban J connectivity index is 1.96. The summed E-state index contributed by atoms with van der Waals surface area (Å²) in [7, 11) is 0. The van der Waals surface area contributed by atoms with Crippen molar-refractivity contribution in [3.8, 4) is 0 Å². The van der Waals surface area contributed by atoms with E-state index >= 15 is 0 Å². The number of nitrogens with zero attached hydrogens (tertiary/aromatic N) is 1. The van der Waals surface area contributed by atoms with E-state index in [0.29, 0.717) is 37.2 Å². The second-order valence-electron chi connectivity index (χ2n) is 6.46. The molecule has 0 bridgehead atoms. The molecule has 0 spiro atoms. The van der Waals surface area contributed by atoms with Gasteiger partial charge in [-0.1, -0.05) is 38.0 Å². The Morgan fingerprint density at radius 3 is 2.33 bits per heavy atom. The molecule has 2 aromatic carbocycles. The highest BCUT2D eigenvalue weighted by molar-refractivity contribution is 6.06. The zero-order valence-electron chi connectivity index (χ0n) is 15.8. The molecule has 144 valence electrons. The summed E-state index contributed by atoms with van der Waals surface area (Å²) in [5.41, 5.74) is 1.21. The Kier molecular flexibility index (Phi) is 8.49. The van der Waals surface area contributed by atoms with Gasteiger partial charge in [0.1, 0.15) is 5.82 Å². The van der Waals surface area contributed by atoms with E-state index in [0.717, 1.165) is 19.3 Å².